The maximum Gasteiger partial charge on any atom is 0.223 e. The van der Waals surface area contributed by atoms with Crippen LogP contribution in [0.3, 0.4) is 0 Å². The molecule has 1 heterocycles. The molecule has 1 rings (SSSR count). The fourth-order valence-corrected chi connectivity index (χ4v) is 1.45. The number of hydrogen-bond acceptors (Lipinski definition) is 6. The lowest BCUT2D eigenvalue weighted by atomic mass is 10.0. The van der Waals surface area contributed by atoms with E-state index in [2.05, 4.69) is 15.3 Å². The standard InChI is InChI=1S/C12H21N3O3/c1-8(2)10-4-9(3)13-11(14-10)15-12(5-16,6-17)7-18/h4,8,16-18H,5-7H2,1-3H3,(H,13,14,15). The van der Waals surface area contributed by atoms with Crippen LogP contribution in [-0.4, -0.2) is 50.6 Å². The van der Waals surface area contributed by atoms with Gasteiger partial charge in [0.25, 0.3) is 0 Å². The number of rotatable bonds is 6. The molecule has 0 radical (unpaired) electrons. The molecule has 0 saturated heterocycles. The maximum absolute atomic E-state index is 9.25. The van der Waals surface area contributed by atoms with Gasteiger partial charge in [-0.25, -0.2) is 9.97 Å². The summed E-state index contributed by atoms with van der Waals surface area (Å²) < 4.78 is 0. The number of nitrogens with zero attached hydrogens (tertiary/aromatic N) is 2. The van der Waals surface area contributed by atoms with Crippen LogP contribution in [0, 0.1) is 6.92 Å². The molecule has 18 heavy (non-hydrogen) atoms. The Balaban J connectivity index is 3.03. The van der Waals surface area contributed by atoms with E-state index in [1.807, 2.05) is 26.8 Å². The van der Waals surface area contributed by atoms with E-state index in [4.69, 9.17) is 0 Å². The molecule has 6 heteroatoms. The number of aromatic nitrogens is 2. The Morgan fingerprint density at radius 2 is 1.72 bits per heavy atom. The molecule has 1 aromatic heterocycles. The SMILES string of the molecule is Cc1cc(C(C)C)nc(NC(CO)(CO)CO)n1. The molecule has 4 N–H and O–H groups in total. The molecule has 102 valence electrons. The van der Waals surface area contributed by atoms with Gasteiger partial charge in [-0.05, 0) is 18.9 Å². The van der Waals surface area contributed by atoms with Crippen LogP contribution < -0.4 is 5.32 Å². The number of aliphatic hydroxyl groups excluding tert-OH is 3. The fourth-order valence-electron chi connectivity index (χ4n) is 1.45. The zero-order chi connectivity index (χ0) is 13.8. The minimum atomic E-state index is -1.21. The second-order valence-corrected chi connectivity index (χ2v) is 4.79. The first kappa shape index (κ1) is 14.8. The molecule has 6 nitrogen and oxygen atoms in total. The van der Waals surface area contributed by atoms with Crippen LogP contribution in [0.4, 0.5) is 5.95 Å². The molecule has 0 spiro atoms. The van der Waals surface area contributed by atoms with Gasteiger partial charge in [0, 0.05) is 11.4 Å². The number of aryl methyl sites for hydroxylation is 1. The Labute approximate surface area is 107 Å². The monoisotopic (exact) mass is 255 g/mol. The van der Waals surface area contributed by atoms with Crippen LogP contribution in [0.2, 0.25) is 0 Å². The van der Waals surface area contributed by atoms with Gasteiger partial charge in [0.2, 0.25) is 5.95 Å². The molecule has 0 aromatic carbocycles. The number of nitrogens with one attached hydrogen (secondary N) is 1. The first-order chi connectivity index (χ1) is 8.46. The molecule has 0 aliphatic heterocycles. The second kappa shape index (κ2) is 6.08. The summed E-state index contributed by atoms with van der Waals surface area (Å²) in [5, 5.41) is 30.5. The number of aliphatic hydroxyl groups is 3. The van der Waals surface area contributed by atoms with Gasteiger partial charge in [0.15, 0.2) is 0 Å². The third kappa shape index (κ3) is 3.38. The van der Waals surface area contributed by atoms with Crippen LogP contribution in [0.15, 0.2) is 6.07 Å². The summed E-state index contributed by atoms with van der Waals surface area (Å²) in [4.78, 5) is 8.50. The van der Waals surface area contributed by atoms with E-state index in [-0.39, 0.29) is 5.92 Å². The van der Waals surface area contributed by atoms with Gasteiger partial charge in [-0.1, -0.05) is 13.8 Å². The van der Waals surface area contributed by atoms with E-state index in [1.165, 1.54) is 0 Å². The highest BCUT2D eigenvalue weighted by molar-refractivity contribution is 5.33. The fraction of sp³-hybridized carbons (Fsp3) is 0.667. The molecule has 0 aliphatic carbocycles. The van der Waals surface area contributed by atoms with Crippen LogP contribution >= 0.6 is 0 Å². The van der Waals surface area contributed by atoms with E-state index in [0.717, 1.165) is 11.4 Å². The van der Waals surface area contributed by atoms with E-state index < -0.39 is 25.4 Å². The van der Waals surface area contributed by atoms with E-state index in [0.29, 0.717) is 5.95 Å². The molecular weight excluding hydrogens is 234 g/mol. The first-order valence-electron chi connectivity index (χ1n) is 5.92. The van der Waals surface area contributed by atoms with E-state index in [9.17, 15) is 15.3 Å². The molecule has 0 bridgehead atoms. The van der Waals surface area contributed by atoms with Gasteiger partial charge in [0.05, 0.1) is 19.8 Å². The van der Waals surface area contributed by atoms with Crippen molar-refractivity contribution < 1.29 is 15.3 Å². The van der Waals surface area contributed by atoms with Gasteiger partial charge < -0.3 is 20.6 Å². The Kier molecular flexibility index (Phi) is 5.01. The van der Waals surface area contributed by atoms with Crippen molar-refractivity contribution in [1.29, 1.82) is 0 Å². The predicted octanol–water partition coefficient (Wildman–Crippen LogP) is 0.0360. The summed E-state index contributed by atoms with van der Waals surface area (Å²) in [6.45, 7) is 4.65. The summed E-state index contributed by atoms with van der Waals surface area (Å²) in [6.07, 6.45) is 0. The Morgan fingerprint density at radius 1 is 1.17 bits per heavy atom. The van der Waals surface area contributed by atoms with Crippen molar-refractivity contribution >= 4 is 5.95 Å². The molecule has 0 fully saturated rings. The minimum absolute atomic E-state index is 0.249. The van der Waals surface area contributed by atoms with Crippen molar-refractivity contribution in [1.82, 2.24) is 9.97 Å². The average molecular weight is 255 g/mol. The lowest BCUT2D eigenvalue weighted by Crippen LogP contribution is -2.49. The summed E-state index contributed by atoms with van der Waals surface area (Å²) in [5.74, 6) is 0.551. The predicted molar refractivity (Wildman–Crippen MR) is 68.5 cm³/mol. The summed E-state index contributed by atoms with van der Waals surface area (Å²) in [6, 6.07) is 1.88. The average Bonchev–Trinajstić information content (AvgIpc) is 2.35. The highest BCUT2D eigenvalue weighted by Gasteiger charge is 2.29. The minimum Gasteiger partial charge on any atom is -0.394 e. The smallest absolute Gasteiger partial charge is 0.223 e. The van der Waals surface area contributed by atoms with Crippen LogP contribution in [0.25, 0.3) is 0 Å². The van der Waals surface area contributed by atoms with E-state index in [1.54, 1.807) is 0 Å². The van der Waals surface area contributed by atoms with Gasteiger partial charge in [-0.3, -0.25) is 0 Å². The van der Waals surface area contributed by atoms with Crippen LogP contribution in [0.1, 0.15) is 31.2 Å². The highest BCUT2D eigenvalue weighted by Crippen LogP contribution is 2.17. The molecule has 0 amide bonds. The maximum atomic E-state index is 9.25. The summed E-state index contributed by atoms with van der Waals surface area (Å²) in [7, 11) is 0. The van der Waals surface area contributed by atoms with Crippen LogP contribution in [0.5, 0.6) is 0 Å². The van der Waals surface area contributed by atoms with Crippen molar-refractivity contribution in [2.75, 3.05) is 25.1 Å². The van der Waals surface area contributed by atoms with Gasteiger partial charge in [0.1, 0.15) is 5.54 Å². The van der Waals surface area contributed by atoms with Crippen molar-refractivity contribution in [3.05, 3.63) is 17.5 Å². The molecular formula is C12H21N3O3. The Hall–Kier alpha value is -1.24. The Morgan fingerprint density at radius 3 is 2.17 bits per heavy atom. The third-order valence-corrected chi connectivity index (χ3v) is 2.75. The Bertz CT molecular complexity index is 384. The quantitative estimate of drug-likeness (QED) is 0.573. The topological polar surface area (TPSA) is 98.5 Å². The normalized spacial score (nSPS) is 11.9. The number of hydrogen-bond donors (Lipinski definition) is 4. The molecule has 1 aromatic rings. The van der Waals surface area contributed by atoms with E-state index >= 15 is 0 Å². The zero-order valence-corrected chi connectivity index (χ0v) is 11.0. The lowest BCUT2D eigenvalue weighted by Gasteiger charge is -2.28. The second-order valence-electron chi connectivity index (χ2n) is 4.79. The van der Waals surface area contributed by atoms with Gasteiger partial charge in [-0.15, -0.1) is 0 Å². The van der Waals surface area contributed by atoms with Crippen molar-refractivity contribution in [2.24, 2.45) is 0 Å². The third-order valence-electron chi connectivity index (χ3n) is 2.75. The number of anilines is 1. The molecule has 0 saturated carbocycles. The largest absolute Gasteiger partial charge is 0.394 e. The van der Waals surface area contributed by atoms with Crippen molar-refractivity contribution in [3.63, 3.8) is 0 Å². The molecule has 0 unspecified atom stereocenters. The van der Waals surface area contributed by atoms with Crippen molar-refractivity contribution in [3.8, 4) is 0 Å². The lowest BCUT2D eigenvalue weighted by molar-refractivity contribution is 0.0828. The van der Waals surface area contributed by atoms with Gasteiger partial charge >= 0.3 is 0 Å². The van der Waals surface area contributed by atoms with Crippen LogP contribution in [-0.2, 0) is 0 Å². The van der Waals surface area contributed by atoms with Crippen molar-refractivity contribution in [2.45, 2.75) is 32.2 Å². The first-order valence-corrected chi connectivity index (χ1v) is 5.92. The highest BCUT2D eigenvalue weighted by atomic mass is 16.3. The zero-order valence-electron chi connectivity index (χ0n) is 11.0. The molecule has 0 aliphatic rings. The van der Waals surface area contributed by atoms with Gasteiger partial charge in [-0.2, -0.15) is 0 Å². The summed E-state index contributed by atoms with van der Waals surface area (Å²) >= 11 is 0. The summed E-state index contributed by atoms with van der Waals surface area (Å²) in [5.41, 5.74) is 0.453. The molecule has 0 atom stereocenters.